The molecular weight excluding hydrogens is 1150 g/mol. The van der Waals surface area contributed by atoms with Gasteiger partial charge < -0.3 is 28.1 Å². The van der Waals surface area contributed by atoms with Gasteiger partial charge in [0.2, 0.25) is 11.5 Å². The van der Waals surface area contributed by atoms with E-state index in [0.29, 0.717) is 62.7 Å². The lowest BCUT2D eigenvalue weighted by Gasteiger charge is -2.41. The third kappa shape index (κ3) is 13.2. The van der Waals surface area contributed by atoms with E-state index in [1.54, 1.807) is 0 Å². The Morgan fingerprint density at radius 3 is 0.935 bits per heavy atom. The Morgan fingerprint density at radius 2 is 0.677 bits per heavy atom. The number of aryl methyl sites for hydroxylation is 2. The van der Waals surface area contributed by atoms with Crippen LogP contribution in [0.3, 0.4) is 0 Å². The van der Waals surface area contributed by atoms with Crippen molar-refractivity contribution in [1.29, 1.82) is 0 Å². The van der Waals surface area contributed by atoms with Crippen LogP contribution in [-0.4, -0.2) is 31.6 Å². The molecule has 8 heteroatoms. The van der Waals surface area contributed by atoms with E-state index in [2.05, 4.69) is 253 Å². The minimum absolute atomic E-state index is 0.0325. The largest absolute Gasteiger partial charge is 0.709 e. The summed E-state index contributed by atoms with van der Waals surface area (Å²) < 4.78 is 43.8. The fourth-order valence-electron chi connectivity index (χ4n) is 15.3. The quantitative estimate of drug-likeness (QED) is 0.0664. The summed E-state index contributed by atoms with van der Waals surface area (Å²) in [7, 11) is 9.41. The van der Waals surface area contributed by atoms with Crippen LogP contribution >= 0.6 is 0 Å². The highest BCUT2D eigenvalue weighted by Gasteiger charge is 2.36. The van der Waals surface area contributed by atoms with Crippen LogP contribution in [0.2, 0.25) is 0 Å². The maximum absolute atomic E-state index is 16.5. The molecule has 2 atom stereocenters. The molecule has 0 aliphatic heterocycles. The van der Waals surface area contributed by atoms with Crippen molar-refractivity contribution in [1.82, 2.24) is 9.13 Å². The van der Waals surface area contributed by atoms with Crippen molar-refractivity contribution >= 4 is 43.6 Å². The zero-order chi connectivity index (χ0) is 68.2. The van der Waals surface area contributed by atoms with Crippen LogP contribution in [0.15, 0.2) is 121 Å². The van der Waals surface area contributed by atoms with Crippen LogP contribution in [0.25, 0.3) is 77.2 Å². The molecule has 2 heterocycles. The number of hydrogen-bond donors (Lipinski definition) is 2. The molecular formula is C85H104F2N2O4. The Morgan fingerprint density at radius 1 is 0.398 bits per heavy atom. The number of phenols is 2. The molecule has 6 nitrogen and oxygen atoms in total. The van der Waals surface area contributed by atoms with Crippen molar-refractivity contribution in [3.05, 3.63) is 192 Å². The average molecular weight is 1260 g/mol. The SMILES string of the molecule is [CH2-][O+](c1c(C)cc(F)cc1-c1cc(C(C)(C)CC(C)(C)C)cc(-n2c3cc(C(C)C)ccc3c3ccc(C(C)C)cc32)c1O)[C@H](C)C[C@H](C)[O+]([CH2-])c1c(C)cc(F)cc1-c1cc(C(C)(C)CC(C)(C)C)cc(-n2c3cc(C(C)C)ccc3c3ccc(C(C)C)cc32)c1O. The van der Waals surface area contributed by atoms with Crippen LogP contribution in [0.5, 0.6) is 23.0 Å². The summed E-state index contributed by atoms with van der Waals surface area (Å²) in [6, 6.07) is 41.3. The predicted octanol–water partition coefficient (Wildman–Crippen LogP) is 25.4. The number of hydrogen-bond acceptors (Lipinski definition) is 2. The molecule has 10 aromatic rings. The Labute approximate surface area is 555 Å². The lowest BCUT2D eigenvalue weighted by Crippen LogP contribution is -2.26. The minimum Gasteiger partial charge on any atom is -0.709 e. The number of aromatic hydroxyl groups is 2. The van der Waals surface area contributed by atoms with Gasteiger partial charge in [-0.05, 0) is 192 Å². The highest BCUT2D eigenvalue weighted by Crippen LogP contribution is 2.54. The van der Waals surface area contributed by atoms with Crippen LogP contribution in [-0.2, 0) is 19.6 Å². The first-order valence-electron chi connectivity index (χ1n) is 33.9. The van der Waals surface area contributed by atoms with Gasteiger partial charge in [0, 0.05) is 57.6 Å². The molecule has 0 radical (unpaired) electrons. The summed E-state index contributed by atoms with van der Waals surface area (Å²) in [6.07, 6.45) is 1.32. The average Bonchev–Trinajstić information content (AvgIpc) is 1.65. The highest BCUT2D eigenvalue weighted by atomic mass is 19.1. The Kier molecular flexibility index (Phi) is 18.3. The van der Waals surface area contributed by atoms with Crippen molar-refractivity contribution in [2.75, 3.05) is 0 Å². The zero-order valence-electron chi connectivity index (χ0n) is 59.9. The Bertz CT molecular complexity index is 4080. The van der Waals surface area contributed by atoms with E-state index in [4.69, 9.17) is 14.2 Å². The van der Waals surface area contributed by atoms with Crippen molar-refractivity contribution < 1.29 is 27.7 Å². The second kappa shape index (κ2) is 25.0. The van der Waals surface area contributed by atoms with Gasteiger partial charge in [0.25, 0.3) is 0 Å². The van der Waals surface area contributed by atoms with Gasteiger partial charge in [-0.15, -0.1) is 0 Å². The normalized spacial score (nSPS) is 13.6. The Balaban J connectivity index is 1.12. The van der Waals surface area contributed by atoms with Gasteiger partial charge in [0.15, 0.2) is 12.2 Å². The first-order chi connectivity index (χ1) is 43.3. The number of halogens is 2. The molecule has 93 heavy (non-hydrogen) atoms. The molecule has 0 unspecified atom stereocenters. The van der Waals surface area contributed by atoms with Crippen LogP contribution in [0.1, 0.15) is 226 Å². The van der Waals surface area contributed by atoms with Gasteiger partial charge in [-0.3, -0.25) is 0 Å². The lowest BCUT2D eigenvalue weighted by atomic mass is 9.71. The second-order valence-corrected chi connectivity index (χ2v) is 32.3. The molecule has 0 fully saturated rings. The molecule has 2 N–H and O–H groups in total. The molecule has 0 bridgehead atoms. The molecule has 8 aromatic carbocycles. The summed E-state index contributed by atoms with van der Waals surface area (Å²) in [5.41, 5.74) is 14.3. The zero-order valence-corrected chi connectivity index (χ0v) is 59.9. The van der Waals surface area contributed by atoms with Gasteiger partial charge >= 0.3 is 0 Å². The number of benzene rings is 8. The summed E-state index contributed by atoms with van der Waals surface area (Å²) in [4.78, 5) is 0. The van der Waals surface area contributed by atoms with E-state index >= 15 is 8.78 Å². The summed E-state index contributed by atoms with van der Waals surface area (Å²) in [5, 5.41) is 31.1. The monoisotopic (exact) mass is 1250 g/mol. The predicted molar refractivity (Wildman–Crippen MR) is 391 cm³/mol. The van der Waals surface area contributed by atoms with E-state index in [1.165, 1.54) is 46.5 Å². The van der Waals surface area contributed by atoms with Crippen molar-refractivity contribution in [2.45, 2.75) is 218 Å². The molecule has 0 spiro atoms. The fraction of sp³-hybridized carbons (Fsp3) is 0.412. The maximum atomic E-state index is 16.5. The van der Waals surface area contributed by atoms with E-state index in [9.17, 15) is 10.2 Å². The van der Waals surface area contributed by atoms with E-state index in [1.807, 2.05) is 13.8 Å². The fourth-order valence-corrected chi connectivity index (χ4v) is 15.3. The number of aromatic nitrogens is 2. The van der Waals surface area contributed by atoms with Gasteiger partial charge in [-0.25, -0.2) is 8.78 Å². The van der Waals surface area contributed by atoms with E-state index in [0.717, 1.165) is 67.6 Å². The van der Waals surface area contributed by atoms with Gasteiger partial charge in [-0.1, -0.05) is 173 Å². The molecule has 0 saturated carbocycles. The van der Waals surface area contributed by atoms with Crippen LogP contribution in [0, 0.1) is 50.5 Å². The number of nitrogens with zero attached hydrogens (tertiary/aromatic N) is 2. The minimum atomic E-state index is -0.434. The topological polar surface area (TPSA) is 55.7 Å². The number of phenolic OH excluding ortho intramolecular Hbond substituents is 2. The summed E-state index contributed by atoms with van der Waals surface area (Å²) in [6.45, 7) is 48.1. The molecule has 2 aromatic heterocycles. The maximum Gasteiger partial charge on any atom is 0.238 e. The molecule has 0 aliphatic rings. The smallest absolute Gasteiger partial charge is 0.238 e. The summed E-state index contributed by atoms with van der Waals surface area (Å²) in [5.74, 6) is 1.45. The van der Waals surface area contributed by atoms with Crippen LogP contribution < -0.4 is 0 Å². The number of rotatable bonds is 18. The van der Waals surface area contributed by atoms with E-state index in [-0.39, 0.29) is 46.0 Å². The molecule has 492 valence electrons. The van der Waals surface area contributed by atoms with E-state index < -0.39 is 34.7 Å². The lowest BCUT2D eigenvalue weighted by molar-refractivity contribution is -0.0945. The van der Waals surface area contributed by atoms with Crippen LogP contribution in [0.4, 0.5) is 8.78 Å². The first kappa shape index (κ1) is 68.3. The van der Waals surface area contributed by atoms with Gasteiger partial charge in [0.1, 0.15) is 29.6 Å². The molecule has 10 rings (SSSR count). The third-order valence-corrected chi connectivity index (χ3v) is 19.7. The Hall–Kier alpha value is -7.58. The summed E-state index contributed by atoms with van der Waals surface area (Å²) >= 11 is 0. The van der Waals surface area contributed by atoms with Gasteiger partial charge in [-0.2, -0.15) is 0 Å². The van der Waals surface area contributed by atoms with Crippen molar-refractivity contribution in [3.8, 4) is 56.6 Å². The molecule has 0 aliphatic carbocycles. The first-order valence-corrected chi connectivity index (χ1v) is 33.9. The standard InChI is InChI=1S/C85H104F2N2O4/c1-48(2)56-25-29-64-65-30-26-57(49(3)4)37-73(65)88(72(64)36-56)76-42-60(84(19,20)46-82(13,14)15)40-68(78(76)90)70-44-62(86)33-52(9)80(70)92(23)54(11)35-55(12)93(24)81-53(10)34-63(87)45-71(81)69-41-61(85(21,22)47-83(16,17)18)43-77(79(69)91)89-74-38-58(50(5)6)27-31-66(74)67-32-28-59(51(7)8)39-75(67)89/h25-34,36-45,48-51,54-55,90-91H,23-24,35,46-47H2,1-22H3/t54-,55+. The molecule has 0 amide bonds. The van der Waals surface area contributed by atoms with Crippen molar-refractivity contribution in [2.24, 2.45) is 10.8 Å². The van der Waals surface area contributed by atoms with Gasteiger partial charge in [0.05, 0.1) is 44.6 Å². The third-order valence-electron chi connectivity index (χ3n) is 19.7. The second-order valence-electron chi connectivity index (χ2n) is 32.3. The number of fused-ring (bicyclic) bond motifs is 6. The molecule has 0 saturated heterocycles. The highest BCUT2D eigenvalue weighted by molar-refractivity contribution is 6.11. The van der Waals surface area contributed by atoms with Crippen molar-refractivity contribution in [3.63, 3.8) is 0 Å².